The molecule has 0 bridgehead atoms. The summed E-state index contributed by atoms with van der Waals surface area (Å²) in [6, 6.07) is 0. The zero-order valence-electron chi connectivity index (χ0n) is 17.8. The van der Waals surface area contributed by atoms with Gasteiger partial charge in [0.15, 0.2) is 0 Å². The standard InChI is InChI=1S/C21H36N2O4/c1-15(2)13-21(6,16(3)4)19(25)27-12-10-8-7-9-11-23-14-17(5)18(24)22-20(23)26/h14-16H,7-13H2,1-6H3,(H,22,24,26). The Balaban J connectivity index is 2.32. The van der Waals surface area contributed by atoms with E-state index in [0.29, 0.717) is 24.6 Å². The molecule has 0 aliphatic rings. The minimum Gasteiger partial charge on any atom is -0.465 e. The number of carbonyl (C=O) groups is 1. The highest BCUT2D eigenvalue weighted by atomic mass is 16.5. The van der Waals surface area contributed by atoms with Gasteiger partial charge in [-0.2, -0.15) is 0 Å². The molecule has 0 aliphatic carbocycles. The van der Waals surface area contributed by atoms with Crippen molar-refractivity contribution in [2.75, 3.05) is 6.61 Å². The van der Waals surface area contributed by atoms with E-state index in [-0.39, 0.29) is 23.1 Å². The zero-order valence-corrected chi connectivity index (χ0v) is 17.8. The topological polar surface area (TPSA) is 81.2 Å². The molecule has 1 aromatic heterocycles. The van der Waals surface area contributed by atoms with E-state index in [1.54, 1.807) is 13.1 Å². The highest BCUT2D eigenvalue weighted by Crippen LogP contribution is 2.35. The molecule has 0 amide bonds. The molecule has 27 heavy (non-hydrogen) atoms. The molecule has 1 N–H and O–H groups in total. The highest BCUT2D eigenvalue weighted by molar-refractivity contribution is 5.76. The fourth-order valence-corrected chi connectivity index (χ4v) is 3.25. The Bertz CT molecular complexity index is 718. The first-order valence-electron chi connectivity index (χ1n) is 10.1. The molecule has 0 saturated carbocycles. The van der Waals surface area contributed by atoms with Crippen LogP contribution in [0.25, 0.3) is 0 Å². The summed E-state index contributed by atoms with van der Waals surface area (Å²) in [6.45, 7) is 13.1. The summed E-state index contributed by atoms with van der Waals surface area (Å²) in [6.07, 6.45) is 5.97. The lowest BCUT2D eigenvalue weighted by molar-refractivity contribution is -0.159. The second kappa shape index (κ2) is 10.5. The smallest absolute Gasteiger partial charge is 0.328 e. The number of nitrogens with one attached hydrogen (secondary N) is 1. The predicted molar refractivity (Wildman–Crippen MR) is 108 cm³/mol. The molecule has 0 radical (unpaired) electrons. The summed E-state index contributed by atoms with van der Waals surface area (Å²) in [5.74, 6) is 0.595. The summed E-state index contributed by atoms with van der Waals surface area (Å²) in [5.41, 5.74) is -0.588. The van der Waals surface area contributed by atoms with Crippen molar-refractivity contribution in [3.63, 3.8) is 0 Å². The Morgan fingerprint density at radius 2 is 1.78 bits per heavy atom. The van der Waals surface area contributed by atoms with Gasteiger partial charge in [-0.1, -0.05) is 34.1 Å². The van der Waals surface area contributed by atoms with Crippen LogP contribution in [0.4, 0.5) is 0 Å². The number of rotatable bonds is 11. The van der Waals surface area contributed by atoms with Crippen molar-refractivity contribution >= 4 is 5.97 Å². The number of ether oxygens (including phenoxy) is 1. The first-order chi connectivity index (χ1) is 12.6. The molecule has 1 aromatic rings. The Labute approximate surface area is 162 Å². The van der Waals surface area contributed by atoms with Gasteiger partial charge in [-0.25, -0.2) is 4.79 Å². The van der Waals surface area contributed by atoms with Gasteiger partial charge < -0.3 is 9.30 Å². The fourth-order valence-electron chi connectivity index (χ4n) is 3.25. The van der Waals surface area contributed by atoms with E-state index in [1.807, 2.05) is 6.92 Å². The Hall–Kier alpha value is -1.85. The molecule has 1 rings (SSSR count). The molecule has 1 heterocycles. The van der Waals surface area contributed by atoms with Gasteiger partial charge >= 0.3 is 11.7 Å². The lowest BCUT2D eigenvalue weighted by Crippen LogP contribution is -2.36. The van der Waals surface area contributed by atoms with Crippen LogP contribution in [-0.4, -0.2) is 22.1 Å². The molecule has 0 aromatic carbocycles. The number of carbonyl (C=O) groups excluding carboxylic acids is 1. The van der Waals surface area contributed by atoms with Gasteiger partial charge in [-0.15, -0.1) is 0 Å². The quantitative estimate of drug-likeness (QED) is 0.469. The summed E-state index contributed by atoms with van der Waals surface area (Å²) in [5, 5.41) is 0. The minimum absolute atomic E-state index is 0.0959. The monoisotopic (exact) mass is 380 g/mol. The van der Waals surface area contributed by atoms with Gasteiger partial charge in [0.25, 0.3) is 5.56 Å². The largest absolute Gasteiger partial charge is 0.465 e. The number of hydrogen-bond acceptors (Lipinski definition) is 4. The van der Waals surface area contributed by atoms with Crippen molar-refractivity contribution in [1.29, 1.82) is 0 Å². The van der Waals surface area contributed by atoms with Gasteiger partial charge in [-0.3, -0.25) is 14.6 Å². The molecular formula is C21H36N2O4. The lowest BCUT2D eigenvalue weighted by atomic mass is 9.73. The van der Waals surface area contributed by atoms with Crippen LogP contribution in [0.15, 0.2) is 15.8 Å². The lowest BCUT2D eigenvalue weighted by Gasteiger charge is -2.32. The summed E-state index contributed by atoms with van der Waals surface area (Å²) in [7, 11) is 0. The van der Waals surface area contributed by atoms with E-state index >= 15 is 0 Å². The van der Waals surface area contributed by atoms with Crippen LogP contribution in [0, 0.1) is 24.2 Å². The second-order valence-electron chi connectivity index (χ2n) is 8.49. The van der Waals surface area contributed by atoms with Crippen molar-refractivity contribution in [3.05, 3.63) is 32.6 Å². The van der Waals surface area contributed by atoms with Gasteiger partial charge in [0.1, 0.15) is 0 Å². The van der Waals surface area contributed by atoms with Gasteiger partial charge in [-0.05, 0) is 51.4 Å². The first-order valence-corrected chi connectivity index (χ1v) is 10.1. The first kappa shape index (κ1) is 23.2. The van der Waals surface area contributed by atoms with Gasteiger partial charge in [0.2, 0.25) is 0 Å². The SMILES string of the molecule is Cc1cn(CCCCCCOC(=O)C(C)(CC(C)C)C(C)C)c(=O)[nH]c1=O. The normalized spacial score (nSPS) is 13.8. The number of unbranched alkanes of at least 4 members (excludes halogenated alkanes) is 3. The van der Waals surface area contributed by atoms with E-state index in [2.05, 4.69) is 32.7 Å². The third-order valence-corrected chi connectivity index (χ3v) is 5.29. The average molecular weight is 381 g/mol. The van der Waals surface area contributed by atoms with E-state index in [1.165, 1.54) is 4.57 Å². The Morgan fingerprint density at radius 1 is 1.15 bits per heavy atom. The van der Waals surface area contributed by atoms with Crippen LogP contribution < -0.4 is 11.2 Å². The maximum absolute atomic E-state index is 12.5. The third kappa shape index (κ3) is 7.00. The van der Waals surface area contributed by atoms with Crippen LogP contribution in [0.2, 0.25) is 0 Å². The minimum atomic E-state index is -0.433. The van der Waals surface area contributed by atoms with Crippen molar-refractivity contribution in [2.24, 2.45) is 17.3 Å². The van der Waals surface area contributed by atoms with Crippen LogP contribution in [0.3, 0.4) is 0 Å². The van der Waals surface area contributed by atoms with Crippen molar-refractivity contribution in [3.8, 4) is 0 Å². The molecule has 6 heteroatoms. The van der Waals surface area contributed by atoms with Crippen LogP contribution >= 0.6 is 0 Å². The number of aromatic nitrogens is 2. The zero-order chi connectivity index (χ0) is 20.6. The Morgan fingerprint density at radius 3 is 2.37 bits per heavy atom. The molecule has 1 unspecified atom stereocenters. The summed E-state index contributed by atoms with van der Waals surface area (Å²) in [4.78, 5) is 37.9. The molecule has 154 valence electrons. The molecule has 0 saturated heterocycles. The third-order valence-electron chi connectivity index (χ3n) is 5.29. The second-order valence-corrected chi connectivity index (χ2v) is 8.49. The summed E-state index contributed by atoms with van der Waals surface area (Å²) >= 11 is 0. The van der Waals surface area contributed by atoms with Crippen molar-refractivity contribution in [2.45, 2.75) is 80.2 Å². The number of aryl methyl sites for hydroxylation is 2. The van der Waals surface area contributed by atoms with E-state index in [9.17, 15) is 14.4 Å². The maximum Gasteiger partial charge on any atom is 0.328 e. The average Bonchev–Trinajstić information content (AvgIpc) is 2.57. The molecule has 0 spiro atoms. The molecule has 0 aliphatic heterocycles. The highest BCUT2D eigenvalue weighted by Gasteiger charge is 2.38. The molecule has 0 fully saturated rings. The Kier molecular flexibility index (Phi) is 9.00. The van der Waals surface area contributed by atoms with Crippen molar-refractivity contribution < 1.29 is 9.53 Å². The fraction of sp³-hybridized carbons (Fsp3) is 0.762. The number of nitrogens with zero attached hydrogens (tertiary/aromatic N) is 1. The molecule has 1 atom stereocenters. The van der Waals surface area contributed by atoms with E-state index < -0.39 is 5.41 Å². The number of H-pyrrole nitrogens is 1. The molecular weight excluding hydrogens is 344 g/mol. The number of esters is 1. The van der Waals surface area contributed by atoms with Crippen LogP contribution in [0.5, 0.6) is 0 Å². The van der Waals surface area contributed by atoms with Crippen LogP contribution in [-0.2, 0) is 16.1 Å². The number of aromatic amines is 1. The van der Waals surface area contributed by atoms with Crippen molar-refractivity contribution in [1.82, 2.24) is 9.55 Å². The van der Waals surface area contributed by atoms with E-state index in [0.717, 1.165) is 32.1 Å². The van der Waals surface area contributed by atoms with E-state index in [4.69, 9.17) is 4.74 Å². The van der Waals surface area contributed by atoms with Gasteiger partial charge in [0.05, 0.1) is 12.0 Å². The number of hydrogen-bond donors (Lipinski definition) is 1. The summed E-state index contributed by atoms with van der Waals surface area (Å²) < 4.78 is 7.09. The van der Waals surface area contributed by atoms with Gasteiger partial charge in [0, 0.05) is 18.3 Å². The van der Waals surface area contributed by atoms with Crippen LogP contribution in [0.1, 0.15) is 72.3 Å². The molecule has 6 nitrogen and oxygen atoms in total. The maximum atomic E-state index is 12.5. The predicted octanol–water partition coefficient (Wildman–Crippen LogP) is 3.66.